The molecule has 0 aromatic heterocycles. The molecule has 0 aliphatic heterocycles. The topological polar surface area (TPSA) is 23.1 Å². The molecule has 4 heteroatoms. The first-order valence-electron chi connectivity index (χ1n) is 2.11. The Bertz CT molecular complexity index is 73.3. The van der Waals surface area contributed by atoms with E-state index in [1.807, 2.05) is 6.92 Å². The summed E-state index contributed by atoms with van der Waals surface area (Å²) in [6.45, 7) is 2.02. The molecule has 0 rings (SSSR count). The summed E-state index contributed by atoms with van der Waals surface area (Å²) in [4.78, 5) is 10.5. The highest BCUT2D eigenvalue weighted by Crippen LogP contribution is 2.29. The molecular weight excluding hydrogens is 146 g/mol. The van der Waals surface area contributed by atoms with Gasteiger partial charge in [-0.3, -0.25) is 0 Å². The van der Waals surface area contributed by atoms with Gasteiger partial charge in [0.25, 0.3) is 0 Å². The van der Waals surface area contributed by atoms with E-state index in [1.54, 1.807) is 0 Å². The van der Waals surface area contributed by atoms with Crippen LogP contribution in [0.3, 0.4) is 0 Å². The Kier molecular flexibility index (Phi) is 5.71. The van der Waals surface area contributed by atoms with Gasteiger partial charge in [0.15, 0.2) is 7.07 Å². The van der Waals surface area contributed by atoms with Gasteiger partial charge in [-0.05, 0) is 6.42 Å². The molecule has 0 heterocycles. The lowest BCUT2D eigenvalue weighted by Crippen LogP contribution is -1.86. The van der Waals surface area contributed by atoms with Gasteiger partial charge in [-0.15, -0.1) is 0 Å². The zero-order valence-corrected chi connectivity index (χ0v) is 6.85. The van der Waals surface area contributed by atoms with Gasteiger partial charge < -0.3 is 4.89 Å². The highest BCUT2D eigenvalue weighted by atomic mass is 32.7. The van der Waals surface area contributed by atoms with Crippen molar-refractivity contribution in [1.29, 1.82) is 0 Å². The molecule has 1 atom stereocenters. The van der Waals surface area contributed by atoms with Crippen molar-refractivity contribution in [3.8, 4) is 0 Å². The van der Waals surface area contributed by atoms with Crippen LogP contribution >= 0.6 is 26.8 Å². The van der Waals surface area contributed by atoms with Crippen molar-refractivity contribution in [2.24, 2.45) is 0 Å². The molecule has 0 saturated heterocycles. The van der Waals surface area contributed by atoms with E-state index in [9.17, 15) is 4.89 Å². The summed E-state index contributed by atoms with van der Waals surface area (Å²) in [5, 5.41) is 0. The molecule has 0 bridgehead atoms. The molecule has 0 aromatic rings. The van der Waals surface area contributed by atoms with E-state index in [1.165, 1.54) is 0 Å². The minimum absolute atomic E-state index is 0.748. The third kappa shape index (κ3) is 4.77. The van der Waals surface area contributed by atoms with Crippen molar-refractivity contribution in [2.75, 3.05) is 6.16 Å². The Hall–Kier alpha value is 0.910. The Morgan fingerprint density at radius 3 is 2.57 bits per heavy atom. The van der Waals surface area contributed by atoms with Gasteiger partial charge in [0.1, 0.15) is 6.16 Å². The largest absolute Gasteiger partial charge is 0.628 e. The molecule has 0 saturated carbocycles. The average Bonchev–Trinajstić information content (AvgIpc) is 1.68. The second-order valence-electron chi connectivity index (χ2n) is 1.17. The fourth-order valence-corrected chi connectivity index (χ4v) is 2.38. The summed E-state index contributed by atoms with van der Waals surface area (Å²) in [7, 11) is -0.244. The fourth-order valence-electron chi connectivity index (χ4n) is 0.236. The van der Waals surface area contributed by atoms with E-state index in [0.29, 0.717) is 0 Å². The highest BCUT2D eigenvalue weighted by molar-refractivity contribution is 8.47. The highest BCUT2D eigenvalue weighted by Gasteiger charge is 1.88. The maximum absolute atomic E-state index is 10.5. The SMILES string of the molecule is CCC[P+]([O-])=PS. The number of hydrogen-bond acceptors (Lipinski definition) is 1. The fraction of sp³-hybridized carbons (Fsp3) is 1.00. The van der Waals surface area contributed by atoms with Crippen molar-refractivity contribution in [3.63, 3.8) is 0 Å². The van der Waals surface area contributed by atoms with Crippen LogP contribution in [-0.2, 0) is 0 Å². The predicted molar refractivity (Wildman–Crippen MR) is 38.0 cm³/mol. The van der Waals surface area contributed by atoms with Crippen molar-refractivity contribution >= 4 is 26.8 Å². The monoisotopic (exact) mass is 154 g/mol. The second-order valence-corrected chi connectivity index (χ2v) is 5.98. The van der Waals surface area contributed by atoms with Crippen molar-refractivity contribution in [3.05, 3.63) is 0 Å². The second kappa shape index (κ2) is 5.05. The molecule has 1 unspecified atom stereocenters. The van der Waals surface area contributed by atoms with E-state index in [-0.39, 0.29) is 0 Å². The molecule has 0 amide bonds. The Morgan fingerprint density at radius 2 is 2.43 bits per heavy atom. The molecule has 1 nitrogen and oxygen atoms in total. The number of thiol groups is 1. The number of hydrogen-bond donors (Lipinski definition) is 1. The van der Waals surface area contributed by atoms with Crippen LogP contribution in [0, 0.1) is 0 Å². The van der Waals surface area contributed by atoms with Crippen LogP contribution in [-0.4, -0.2) is 6.16 Å². The van der Waals surface area contributed by atoms with Gasteiger partial charge in [-0.2, -0.15) is 0 Å². The molecule has 0 aliphatic carbocycles. The molecule has 7 heavy (non-hydrogen) atoms. The van der Waals surface area contributed by atoms with Crippen LogP contribution in [0.4, 0.5) is 0 Å². The summed E-state index contributed by atoms with van der Waals surface area (Å²) in [5.74, 6) is 0. The zero-order valence-electron chi connectivity index (χ0n) is 4.16. The van der Waals surface area contributed by atoms with Crippen LogP contribution in [0.5, 0.6) is 0 Å². The molecule has 42 valence electrons. The van der Waals surface area contributed by atoms with Crippen molar-refractivity contribution in [1.82, 2.24) is 0 Å². The van der Waals surface area contributed by atoms with Gasteiger partial charge in [0.2, 0.25) is 0 Å². The first-order chi connectivity index (χ1) is 3.31. The van der Waals surface area contributed by atoms with Gasteiger partial charge in [0.05, 0.1) is 7.44 Å². The van der Waals surface area contributed by atoms with Gasteiger partial charge >= 0.3 is 0 Å². The first-order valence-corrected chi connectivity index (χ1v) is 6.30. The van der Waals surface area contributed by atoms with Crippen LogP contribution in [0.25, 0.3) is 0 Å². The molecule has 0 spiro atoms. The average molecular weight is 154 g/mol. The molecule has 0 fully saturated rings. The molecule has 0 radical (unpaired) electrons. The molecule has 0 aromatic carbocycles. The van der Waals surface area contributed by atoms with Gasteiger partial charge in [-0.25, -0.2) is 0 Å². The van der Waals surface area contributed by atoms with Crippen LogP contribution in [0.1, 0.15) is 13.3 Å². The maximum Gasteiger partial charge on any atom is 0.183 e. The van der Waals surface area contributed by atoms with Crippen molar-refractivity contribution < 1.29 is 4.89 Å². The Labute approximate surface area is 51.8 Å². The lowest BCUT2D eigenvalue weighted by molar-refractivity contribution is -0.152. The lowest BCUT2D eigenvalue weighted by atomic mass is 10.6. The quantitative estimate of drug-likeness (QED) is 0.476. The summed E-state index contributed by atoms with van der Waals surface area (Å²) in [5.41, 5.74) is 0. The van der Waals surface area contributed by atoms with E-state index < -0.39 is 7.44 Å². The van der Waals surface area contributed by atoms with Gasteiger partial charge in [-0.1, -0.05) is 19.2 Å². The smallest absolute Gasteiger partial charge is 0.183 e. The predicted octanol–water partition coefficient (Wildman–Crippen LogP) is 1.86. The summed E-state index contributed by atoms with van der Waals surface area (Å²) >= 11 is 3.84. The third-order valence-electron chi connectivity index (χ3n) is 0.515. The minimum Gasteiger partial charge on any atom is -0.628 e. The molecule has 0 N–H and O–H groups in total. The van der Waals surface area contributed by atoms with Crippen LogP contribution in [0.2, 0.25) is 0 Å². The van der Waals surface area contributed by atoms with E-state index in [2.05, 4.69) is 12.2 Å². The summed E-state index contributed by atoms with van der Waals surface area (Å²) in [6, 6.07) is 0. The Morgan fingerprint density at radius 1 is 1.86 bits per heavy atom. The molecular formula is C3H8OP2S. The zero-order chi connectivity index (χ0) is 5.70. The van der Waals surface area contributed by atoms with E-state index >= 15 is 0 Å². The van der Waals surface area contributed by atoms with E-state index in [4.69, 9.17) is 0 Å². The van der Waals surface area contributed by atoms with Gasteiger partial charge in [0, 0.05) is 0 Å². The summed E-state index contributed by atoms with van der Waals surface area (Å²) < 4.78 is 0. The maximum atomic E-state index is 10.5. The van der Waals surface area contributed by atoms with Crippen LogP contribution in [0.15, 0.2) is 0 Å². The Balaban J connectivity index is 3.17. The third-order valence-corrected chi connectivity index (χ3v) is 4.54. The normalized spacial score (nSPS) is 12.1. The van der Waals surface area contributed by atoms with Crippen molar-refractivity contribution in [2.45, 2.75) is 13.3 Å². The lowest BCUT2D eigenvalue weighted by Gasteiger charge is -1.87. The summed E-state index contributed by atoms with van der Waals surface area (Å²) in [6.07, 6.45) is 1.82. The van der Waals surface area contributed by atoms with Crippen LogP contribution < -0.4 is 4.89 Å². The first kappa shape index (κ1) is 7.91. The number of rotatable bonds is 2. The minimum atomic E-state index is -0.992. The van der Waals surface area contributed by atoms with E-state index in [0.717, 1.165) is 19.7 Å². The molecule has 0 aliphatic rings. The standard InChI is InChI=1S/C3H8OP2S/c1-2-3-6(4)5-7/h7H,2-3H2,1H3.